The van der Waals surface area contributed by atoms with Crippen LogP contribution in [0.15, 0.2) is 53.7 Å². The van der Waals surface area contributed by atoms with E-state index in [1.165, 1.54) is 11.8 Å². The molecule has 30 heavy (non-hydrogen) atoms. The van der Waals surface area contributed by atoms with E-state index in [2.05, 4.69) is 15.5 Å². The quantitative estimate of drug-likeness (QED) is 0.553. The van der Waals surface area contributed by atoms with Crippen LogP contribution in [0.5, 0.6) is 0 Å². The molecule has 156 valence electrons. The largest absolute Gasteiger partial charge is 0.376 e. The van der Waals surface area contributed by atoms with Crippen LogP contribution in [0.3, 0.4) is 0 Å². The molecule has 0 radical (unpaired) electrons. The summed E-state index contributed by atoms with van der Waals surface area (Å²) in [5, 5.41) is 12.9. The number of carbonyl (C=O) groups is 1. The first kappa shape index (κ1) is 20.9. The average Bonchev–Trinajstić information content (AvgIpc) is 3.42. The third kappa shape index (κ3) is 4.86. The van der Waals surface area contributed by atoms with Crippen molar-refractivity contribution < 1.29 is 9.53 Å². The monoisotopic (exact) mass is 442 g/mol. The van der Waals surface area contributed by atoms with Gasteiger partial charge in [-0.05, 0) is 44.0 Å². The number of amides is 1. The molecule has 1 aromatic heterocycles. The number of hydrogen-bond acceptors (Lipinski definition) is 5. The number of nitrogens with one attached hydrogen (secondary N) is 1. The van der Waals surface area contributed by atoms with Crippen LogP contribution in [0.2, 0.25) is 5.02 Å². The molecule has 6 nitrogen and oxygen atoms in total. The maximum Gasteiger partial charge on any atom is 0.230 e. The zero-order valence-electron chi connectivity index (χ0n) is 16.7. The van der Waals surface area contributed by atoms with Gasteiger partial charge in [0.15, 0.2) is 11.0 Å². The summed E-state index contributed by atoms with van der Waals surface area (Å²) in [6, 6.07) is 15.6. The third-order valence-corrected chi connectivity index (χ3v) is 6.18. The highest BCUT2D eigenvalue weighted by atomic mass is 35.5. The van der Waals surface area contributed by atoms with Gasteiger partial charge in [-0.1, -0.05) is 53.2 Å². The minimum absolute atomic E-state index is 0.0479. The van der Waals surface area contributed by atoms with Gasteiger partial charge in [0, 0.05) is 24.4 Å². The number of carbonyl (C=O) groups excluding carboxylic acids is 1. The molecule has 1 fully saturated rings. The number of aromatic nitrogens is 3. The summed E-state index contributed by atoms with van der Waals surface area (Å²) in [4.78, 5) is 12.3. The van der Waals surface area contributed by atoms with Gasteiger partial charge in [-0.25, -0.2) is 0 Å². The summed E-state index contributed by atoms with van der Waals surface area (Å²) < 4.78 is 7.50. The van der Waals surface area contributed by atoms with E-state index in [1.807, 2.05) is 60.0 Å². The van der Waals surface area contributed by atoms with E-state index < -0.39 is 0 Å². The Morgan fingerprint density at radius 3 is 2.77 bits per heavy atom. The number of nitrogens with zero attached hydrogens (tertiary/aromatic N) is 3. The molecular formula is C22H23ClN4O2S. The van der Waals surface area contributed by atoms with Gasteiger partial charge in [-0.15, -0.1) is 10.2 Å². The second-order valence-corrected chi connectivity index (χ2v) is 8.53. The fourth-order valence-corrected chi connectivity index (χ4v) is 4.32. The van der Waals surface area contributed by atoms with E-state index in [9.17, 15) is 4.79 Å². The predicted octanol–water partition coefficient (Wildman–Crippen LogP) is 4.28. The van der Waals surface area contributed by atoms with Crippen LogP contribution in [0.25, 0.3) is 17.1 Å². The maximum absolute atomic E-state index is 12.3. The summed E-state index contributed by atoms with van der Waals surface area (Å²) in [6.07, 6.45) is 2.18. The zero-order chi connectivity index (χ0) is 20.9. The van der Waals surface area contributed by atoms with E-state index in [0.29, 0.717) is 22.5 Å². The lowest BCUT2D eigenvalue weighted by atomic mass is 10.2. The highest BCUT2D eigenvalue weighted by Crippen LogP contribution is 2.31. The molecule has 1 atom stereocenters. The van der Waals surface area contributed by atoms with Gasteiger partial charge in [0.2, 0.25) is 5.91 Å². The molecule has 8 heteroatoms. The summed E-state index contributed by atoms with van der Waals surface area (Å²) >= 11 is 7.77. The van der Waals surface area contributed by atoms with Crippen molar-refractivity contribution in [3.05, 3.63) is 59.1 Å². The Balaban J connectivity index is 1.56. The molecule has 4 rings (SSSR count). The lowest BCUT2D eigenvalue weighted by molar-refractivity contribution is -0.119. The van der Waals surface area contributed by atoms with Crippen LogP contribution >= 0.6 is 23.4 Å². The number of halogens is 1. The van der Waals surface area contributed by atoms with Crippen molar-refractivity contribution in [1.29, 1.82) is 0 Å². The van der Waals surface area contributed by atoms with E-state index in [-0.39, 0.29) is 17.8 Å². The molecule has 1 aliphatic rings. The molecule has 2 heterocycles. The summed E-state index contributed by atoms with van der Waals surface area (Å²) in [6.45, 7) is 3.37. The van der Waals surface area contributed by atoms with E-state index in [4.69, 9.17) is 16.3 Å². The van der Waals surface area contributed by atoms with Gasteiger partial charge in [-0.3, -0.25) is 9.36 Å². The molecule has 1 saturated heterocycles. The highest BCUT2D eigenvalue weighted by molar-refractivity contribution is 7.99. The molecule has 0 spiro atoms. The van der Waals surface area contributed by atoms with Crippen LogP contribution in [0.1, 0.15) is 18.4 Å². The lowest BCUT2D eigenvalue weighted by Gasteiger charge is -2.12. The number of thioether (sulfide) groups is 1. The molecule has 2 aromatic carbocycles. The molecule has 1 unspecified atom stereocenters. The van der Waals surface area contributed by atoms with E-state index in [1.54, 1.807) is 0 Å². The summed E-state index contributed by atoms with van der Waals surface area (Å²) in [5.74, 6) is 0.846. The van der Waals surface area contributed by atoms with Gasteiger partial charge >= 0.3 is 0 Å². The second-order valence-electron chi connectivity index (χ2n) is 7.18. The fourth-order valence-electron chi connectivity index (χ4n) is 3.32. The lowest BCUT2D eigenvalue weighted by Crippen LogP contribution is -2.32. The molecule has 1 N–H and O–H groups in total. The van der Waals surface area contributed by atoms with Crippen molar-refractivity contribution in [1.82, 2.24) is 20.1 Å². The van der Waals surface area contributed by atoms with Crippen molar-refractivity contribution >= 4 is 29.3 Å². The molecular weight excluding hydrogens is 420 g/mol. The van der Waals surface area contributed by atoms with Gasteiger partial charge < -0.3 is 10.1 Å². The zero-order valence-corrected chi connectivity index (χ0v) is 18.2. The highest BCUT2D eigenvalue weighted by Gasteiger charge is 2.20. The van der Waals surface area contributed by atoms with E-state index >= 15 is 0 Å². The molecule has 0 aliphatic carbocycles. The van der Waals surface area contributed by atoms with Gasteiger partial charge in [0.05, 0.1) is 16.9 Å². The number of hydrogen-bond donors (Lipinski definition) is 1. The predicted molar refractivity (Wildman–Crippen MR) is 119 cm³/mol. The Kier molecular flexibility index (Phi) is 6.72. The number of aryl methyl sites for hydroxylation is 1. The molecule has 0 bridgehead atoms. The minimum atomic E-state index is -0.0479. The molecule has 0 saturated carbocycles. The minimum Gasteiger partial charge on any atom is -0.376 e. The van der Waals surface area contributed by atoms with Crippen molar-refractivity contribution in [3.8, 4) is 17.1 Å². The third-order valence-electron chi connectivity index (χ3n) is 4.92. The van der Waals surface area contributed by atoms with Gasteiger partial charge in [-0.2, -0.15) is 0 Å². The van der Waals surface area contributed by atoms with Crippen molar-refractivity contribution in [2.24, 2.45) is 0 Å². The summed E-state index contributed by atoms with van der Waals surface area (Å²) in [5.41, 5.74) is 2.87. The Bertz CT molecular complexity index is 1020. The van der Waals surface area contributed by atoms with Crippen molar-refractivity contribution in [2.45, 2.75) is 31.0 Å². The van der Waals surface area contributed by atoms with E-state index in [0.717, 1.165) is 36.3 Å². The SMILES string of the molecule is Cc1ccc(-n2c(SCC(=O)NCC3CCCO3)nnc2-c2ccccc2Cl)cc1. The van der Waals surface area contributed by atoms with Crippen LogP contribution in [-0.4, -0.2) is 45.7 Å². The Labute approximate surface area is 185 Å². The summed E-state index contributed by atoms with van der Waals surface area (Å²) in [7, 11) is 0. The molecule has 3 aromatic rings. The standard InChI is InChI=1S/C22H23ClN4O2S/c1-15-8-10-16(11-9-15)27-21(18-6-2-3-7-19(18)23)25-26-22(27)30-14-20(28)24-13-17-5-4-12-29-17/h2-3,6-11,17H,4-5,12-14H2,1H3,(H,24,28). The molecule has 1 amide bonds. The second kappa shape index (κ2) is 9.64. The maximum atomic E-state index is 12.3. The Hall–Kier alpha value is -2.35. The Morgan fingerprint density at radius 1 is 1.23 bits per heavy atom. The normalized spacial score (nSPS) is 16.0. The van der Waals surface area contributed by atoms with Crippen LogP contribution < -0.4 is 5.32 Å². The van der Waals surface area contributed by atoms with Crippen LogP contribution in [0.4, 0.5) is 0 Å². The molecule has 1 aliphatic heterocycles. The van der Waals surface area contributed by atoms with Crippen LogP contribution in [0, 0.1) is 6.92 Å². The van der Waals surface area contributed by atoms with Gasteiger partial charge in [0.1, 0.15) is 0 Å². The first-order valence-electron chi connectivity index (χ1n) is 9.90. The van der Waals surface area contributed by atoms with Crippen LogP contribution in [-0.2, 0) is 9.53 Å². The smallest absolute Gasteiger partial charge is 0.230 e. The van der Waals surface area contributed by atoms with Gasteiger partial charge in [0.25, 0.3) is 0 Å². The first-order chi connectivity index (χ1) is 14.6. The number of rotatable bonds is 7. The van der Waals surface area contributed by atoms with Crippen molar-refractivity contribution in [3.63, 3.8) is 0 Å². The van der Waals surface area contributed by atoms with Crippen molar-refractivity contribution in [2.75, 3.05) is 18.9 Å². The first-order valence-corrected chi connectivity index (χ1v) is 11.3. The fraction of sp³-hybridized carbons (Fsp3) is 0.318. The topological polar surface area (TPSA) is 69.0 Å². The number of ether oxygens (including phenoxy) is 1. The average molecular weight is 443 g/mol. The number of benzene rings is 2. The Morgan fingerprint density at radius 2 is 2.03 bits per heavy atom.